The van der Waals surface area contributed by atoms with E-state index in [4.69, 9.17) is 11.6 Å². The maximum absolute atomic E-state index is 6.19. The molecule has 24 heavy (non-hydrogen) atoms. The monoisotopic (exact) mass is 347 g/mol. The summed E-state index contributed by atoms with van der Waals surface area (Å²) in [5.74, 6) is 0.765. The Balaban J connectivity index is 1.94. The highest BCUT2D eigenvalue weighted by Gasteiger charge is 2.14. The van der Waals surface area contributed by atoms with E-state index in [0.717, 1.165) is 28.7 Å². The lowest BCUT2D eigenvalue weighted by Gasteiger charge is -2.18. The van der Waals surface area contributed by atoms with Gasteiger partial charge in [-0.1, -0.05) is 29.8 Å². The number of aromatic nitrogens is 2. The quantitative estimate of drug-likeness (QED) is 0.645. The summed E-state index contributed by atoms with van der Waals surface area (Å²) in [5.41, 5.74) is 4.63. The molecule has 2 N–H and O–H groups in total. The van der Waals surface area contributed by atoms with Gasteiger partial charge in [0, 0.05) is 37.4 Å². The molecule has 130 valence electrons. The lowest BCUT2D eigenvalue weighted by Crippen LogP contribution is -2.42. The van der Waals surface area contributed by atoms with Gasteiger partial charge < -0.3 is 10.6 Å². The molecule has 0 bridgehead atoms. The highest BCUT2D eigenvalue weighted by molar-refractivity contribution is 6.31. The van der Waals surface area contributed by atoms with Gasteiger partial charge in [0.15, 0.2) is 5.96 Å². The van der Waals surface area contributed by atoms with E-state index in [0.29, 0.717) is 6.54 Å². The molecule has 0 fully saturated rings. The largest absolute Gasteiger partial charge is 0.354 e. The van der Waals surface area contributed by atoms with Crippen molar-refractivity contribution >= 4 is 17.6 Å². The highest BCUT2D eigenvalue weighted by Crippen LogP contribution is 2.15. The van der Waals surface area contributed by atoms with E-state index in [1.807, 2.05) is 36.0 Å². The van der Waals surface area contributed by atoms with Crippen LogP contribution in [0.4, 0.5) is 0 Å². The van der Waals surface area contributed by atoms with Crippen LogP contribution < -0.4 is 10.6 Å². The lowest BCUT2D eigenvalue weighted by molar-refractivity contribution is 0.635. The number of halogens is 1. The second-order valence-electron chi connectivity index (χ2n) is 6.04. The predicted octanol–water partition coefficient (Wildman–Crippen LogP) is 2.99. The molecule has 0 aliphatic heterocycles. The number of nitrogens with zero attached hydrogens (tertiary/aromatic N) is 3. The summed E-state index contributed by atoms with van der Waals surface area (Å²) in [6.07, 6.45) is 0.901. The summed E-state index contributed by atoms with van der Waals surface area (Å²) in [6.45, 7) is 6.94. The van der Waals surface area contributed by atoms with Crippen molar-refractivity contribution in [1.82, 2.24) is 20.4 Å². The van der Waals surface area contributed by atoms with Gasteiger partial charge in [-0.3, -0.25) is 9.67 Å². The van der Waals surface area contributed by atoms with Gasteiger partial charge in [0.25, 0.3) is 0 Å². The zero-order valence-electron chi connectivity index (χ0n) is 15.0. The summed E-state index contributed by atoms with van der Waals surface area (Å²) < 4.78 is 1.93. The molecule has 0 aliphatic rings. The lowest BCUT2D eigenvalue weighted by atomic mass is 10.1. The number of hydrogen-bond donors (Lipinski definition) is 2. The van der Waals surface area contributed by atoms with Crippen molar-refractivity contribution in [1.29, 1.82) is 0 Å². The first-order valence-corrected chi connectivity index (χ1v) is 8.49. The third kappa shape index (κ3) is 4.51. The van der Waals surface area contributed by atoms with Crippen LogP contribution in [0.5, 0.6) is 0 Å². The molecular weight excluding hydrogens is 322 g/mol. The van der Waals surface area contributed by atoms with Gasteiger partial charge in [0.05, 0.1) is 5.69 Å². The summed E-state index contributed by atoms with van der Waals surface area (Å²) in [6, 6.07) is 8.05. The van der Waals surface area contributed by atoms with E-state index in [9.17, 15) is 0 Å². The molecule has 6 heteroatoms. The van der Waals surface area contributed by atoms with Crippen LogP contribution in [0.3, 0.4) is 0 Å². The van der Waals surface area contributed by atoms with Crippen molar-refractivity contribution in [2.24, 2.45) is 12.0 Å². The van der Waals surface area contributed by atoms with Crippen LogP contribution in [0.1, 0.15) is 29.4 Å². The number of nitrogens with one attached hydrogen (secondary N) is 2. The maximum atomic E-state index is 6.19. The Kier molecular flexibility index (Phi) is 6.26. The van der Waals surface area contributed by atoms with Crippen LogP contribution in [0.15, 0.2) is 29.3 Å². The number of aliphatic imine (C=N–C) groups is 1. The minimum absolute atomic E-state index is 0.240. The Morgan fingerprint density at radius 3 is 2.62 bits per heavy atom. The van der Waals surface area contributed by atoms with Crippen LogP contribution in [-0.2, 0) is 20.0 Å². The van der Waals surface area contributed by atoms with Crippen LogP contribution in [-0.4, -0.2) is 28.8 Å². The maximum Gasteiger partial charge on any atom is 0.191 e. The van der Waals surface area contributed by atoms with Crippen molar-refractivity contribution in [2.45, 2.75) is 39.8 Å². The molecule has 0 radical (unpaired) electrons. The Labute approximate surface area is 149 Å². The summed E-state index contributed by atoms with van der Waals surface area (Å²) in [7, 11) is 3.75. The molecule has 0 aliphatic carbocycles. The van der Waals surface area contributed by atoms with Gasteiger partial charge in [-0.25, -0.2) is 0 Å². The fourth-order valence-corrected chi connectivity index (χ4v) is 2.92. The first kappa shape index (κ1) is 18.3. The first-order valence-electron chi connectivity index (χ1n) is 8.12. The summed E-state index contributed by atoms with van der Waals surface area (Å²) >= 11 is 6.19. The molecule has 1 heterocycles. The van der Waals surface area contributed by atoms with Crippen LogP contribution in [0.25, 0.3) is 0 Å². The minimum Gasteiger partial charge on any atom is -0.354 e. The van der Waals surface area contributed by atoms with Crippen LogP contribution in [0.2, 0.25) is 5.02 Å². The molecule has 1 aromatic heterocycles. The number of rotatable bonds is 5. The van der Waals surface area contributed by atoms with Crippen LogP contribution >= 0.6 is 11.6 Å². The van der Waals surface area contributed by atoms with Crippen molar-refractivity contribution in [2.75, 3.05) is 7.05 Å². The Bertz CT molecular complexity index is 720. The van der Waals surface area contributed by atoms with Crippen molar-refractivity contribution in [3.63, 3.8) is 0 Å². The molecule has 2 aromatic rings. The molecule has 1 atom stereocenters. The molecule has 0 saturated heterocycles. The second-order valence-corrected chi connectivity index (χ2v) is 6.45. The standard InChI is InChI=1S/C18H26ClN5/c1-12(10-16-13(2)23-24(5)14(16)3)22-18(20-4)21-11-15-8-6-7-9-17(15)19/h6-9,12H,10-11H2,1-5H3,(H2,20,21,22). The fraction of sp³-hybridized carbons (Fsp3) is 0.444. The molecule has 0 saturated carbocycles. The van der Waals surface area contributed by atoms with Crippen molar-refractivity contribution < 1.29 is 0 Å². The van der Waals surface area contributed by atoms with Gasteiger partial charge in [0.2, 0.25) is 0 Å². The molecule has 1 unspecified atom stereocenters. The molecule has 2 rings (SSSR count). The SMILES string of the molecule is CN=C(NCc1ccccc1Cl)NC(C)Cc1c(C)nn(C)c1C. The van der Waals surface area contributed by atoms with Crippen molar-refractivity contribution in [3.8, 4) is 0 Å². The number of aryl methyl sites for hydroxylation is 2. The fourth-order valence-electron chi connectivity index (χ4n) is 2.72. The number of hydrogen-bond acceptors (Lipinski definition) is 2. The van der Waals surface area contributed by atoms with Crippen LogP contribution in [0, 0.1) is 13.8 Å². The van der Waals surface area contributed by atoms with E-state index in [2.05, 4.69) is 41.5 Å². The van der Waals surface area contributed by atoms with E-state index in [1.54, 1.807) is 7.05 Å². The smallest absolute Gasteiger partial charge is 0.191 e. The van der Waals surface area contributed by atoms with Gasteiger partial charge in [-0.05, 0) is 44.4 Å². The van der Waals surface area contributed by atoms with E-state index >= 15 is 0 Å². The van der Waals surface area contributed by atoms with Crippen molar-refractivity contribution in [3.05, 3.63) is 51.8 Å². The van der Waals surface area contributed by atoms with Gasteiger partial charge >= 0.3 is 0 Å². The second kappa shape index (κ2) is 8.20. The summed E-state index contributed by atoms with van der Waals surface area (Å²) in [5, 5.41) is 12.0. The third-order valence-electron chi connectivity index (χ3n) is 4.18. The molecular formula is C18H26ClN5. The van der Waals surface area contributed by atoms with Gasteiger partial charge in [0.1, 0.15) is 0 Å². The Morgan fingerprint density at radius 2 is 2.04 bits per heavy atom. The molecule has 0 spiro atoms. The first-order chi connectivity index (χ1) is 11.4. The zero-order valence-corrected chi connectivity index (χ0v) is 15.8. The van der Waals surface area contributed by atoms with E-state index < -0.39 is 0 Å². The number of guanidine groups is 1. The third-order valence-corrected chi connectivity index (χ3v) is 4.55. The molecule has 5 nitrogen and oxygen atoms in total. The minimum atomic E-state index is 0.240. The van der Waals surface area contributed by atoms with Gasteiger partial charge in [-0.15, -0.1) is 0 Å². The average molecular weight is 348 g/mol. The number of benzene rings is 1. The van der Waals surface area contributed by atoms with E-state index in [-0.39, 0.29) is 6.04 Å². The van der Waals surface area contributed by atoms with Gasteiger partial charge in [-0.2, -0.15) is 5.10 Å². The predicted molar refractivity (Wildman–Crippen MR) is 101 cm³/mol. The Hall–Kier alpha value is -2.01. The Morgan fingerprint density at radius 1 is 1.33 bits per heavy atom. The van der Waals surface area contributed by atoms with E-state index in [1.165, 1.54) is 11.3 Å². The summed E-state index contributed by atoms with van der Waals surface area (Å²) in [4.78, 5) is 4.29. The zero-order chi connectivity index (χ0) is 17.7. The average Bonchev–Trinajstić information content (AvgIpc) is 2.79. The normalized spacial score (nSPS) is 13.0. The highest BCUT2D eigenvalue weighted by atomic mass is 35.5. The molecule has 1 aromatic carbocycles. The molecule has 0 amide bonds. The topological polar surface area (TPSA) is 54.2 Å².